The molecule has 5 rings (SSSR count). The van der Waals surface area contributed by atoms with Crippen molar-refractivity contribution in [2.24, 2.45) is 5.92 Å². The molecule has 0 aliphatic carbocycles. The Morgan fingerprint density at radius 2 is 2.03 bits per heavy atom. The monoisotopic (exact) mass is 440 g/mol. The molecule has 2 atom stereocenters. The van der Waals surface area contributed by atoms with E-state index in [1.54, 1.807) is 30.0 Å². The highest BCUT2D eigenvalue weighted by atomic mass is 35.5. The summed E-state index contributed by atoms with van der Waals surface area (Å²) >= 11 is 6.02. The number of carbonyl (C=O) groups is 1. The number of halogens is 1. The van der Waals surface area contributed by atoms with E-state index in [-0.39, 0.29) is 46.1 Å². The highest BCUT2D eigenvalue weighted by Gasteiger charge is 2.36. The van der Waals surface area contributed by atoms with E-state index in [2.05, 4.69) is 0 Å². The van der Waals surface area contributed by atoms with Gasteiger partial charge in [-0.15, -0.1) is 0 Å². The molecule has 160 valence electrons. The van der Waals surface area contributed by atoms with Gasteiger partial charge in [0.25, 0.3) is 5.56 Å². The van der Waals surface area contributed by atoms with E-state index >= 15 is 0 Å². The number of hydrogen-bond acceptors (Lipinski definition) is 5. The van der Waals surface area contributed by atoms with E-state index < -0.39 is 5.63 Å². The minimum absolute atomic E-state index is 0.000991. The van der Waals surface area contributed by atoms with Crippen LogP contribution in [-0.4, -0.2) is 33.6 Å². The van der Waals surface area contributed by atoms with E-state index in [4.69, 9.17) is 16.0 Å². The molecule has 7 nitrogen and oxygen atoms in total. The Kier molecular flexibility index (Phi) is 4.66. The fraction of sp³-hybridized carbons (Fsp3) is 0.348. The molecule has 1 fully saturated rings. The normalized spacial score (nSPS) is 20.0. The number of amides is 1. The van der Waals surface area contributed by atoms with Crippen LogP contribution in [0.5, 0.6) is 5.75 Å². The van der Waals surface area contributed by atoms with E-state index in [9.17, 15) is 19.5 Å². The Balaban J connectivity index is 1.44. The molecule has 1 aromatic carbocycles. The molecule has 8 heteroatoms. The van der Waals surface area contributed by atoms with Crippen LogP contribution in [0.2, 0.25) is 5.02 Å². The van der Waals surface area contributed by atoms with Gasteiger partial charge in [-0.05, 0) is 37.0 Å². The van der Waals surface area contributed by atoms with Crippen molar-refractivity contribution in [1.29, 1.82) is 0 Å². The zero-order valence-corrected chi connectivity index (χ0v) is 17.7. The molecule has 31 heavy (non-hydrogen) atoms. The Morgan fingerprint density at radius 3 is 2.84 bits per heavy atom. The van der Waals surface area contributed by atoms with Crippen LogP contribution in [0, 0.1) is 12.8 Å². The lowest BCUT2D eigenvalue weighted by atomic mass is 9.83. The van der Waals surface area contributed by atoms with E-state index in [1.807, 2.05) is 10.6 Å². The van der Waals surface area contributed by atoms with Crippen molar-refractivity contribution in [3.63, 3.8) is 0 Å². The number of fused-ring (bicyclic) bond motifs is 5. The summed E-state index contributed by atoms with van der Waals surface area (Å²) in [5.74, 6) is 0.0216. The minimum Gasteiger partial charge on any atom is -0.506 e. The number of hydrogen-bond donors (Lipinski definition) is 1. The molecule has 0 radical (unpaired) electrons. The molecule has 1 amide bonds. The number of aryl methyl sites for hydroxylation is 1. The Bertz CT molecular complexity index is 1340. The van der Waals surface area contributed by atoms with Crippen LogP contribution in [0.1, 0.15) is 29.2 Å². The number of benzene rings is 1. The van der Waals surface area contributed by atoms with Crippen molar-refractivity contribution in [2.75, 3.05) is 13.1 Å². The third-order valence-electron chi connectivity index (χ3n) is 6.52. The molecule has 4 heterocycles. The second-order valence-electron chi connectivity index (χ2n) is 8.47. The quantitative estimate of drug-likeness (QED) is 0.618. The molecular formula is C23H21ClN2O5. The molecular weight excluding hydrogens is 420 g/mol. The van der Waals surface area contributed by atoms with Gasteiger partial charge in [-0.1, -0.05) is 17.7 Å². The maximum Gasteiger partial charge on any atom is 0.340 e. The van der Waals surface area contributed by atoms with Crippen LogP contribution in [-0.2, 0) is 17.8 Å². The van der Waals surface area contributed by atoms with Gasteiger partial charge >= 0.3 is 5.63 Å². The number of aromatic hydroxyl groups is 1. The van der Waals surface area contributed by atoms with Crippen molar-refractivity contribution in [1.82, 2.24) is 9.47 Å². The summed E-state index contributed by atoms with van der Waals surface area (Å²) in [6.07, 6.45) is 0.885. The number of carbonyl (C=O) groups excluding carboxylic acids is 1. The summed E-state index contributed by atoms with van der Waals surface area (Å²) in [4.78, 5) is 39.7. The molecule has 2 aliphatic rings. The summed E-state index contributed by atoms with van der Waals surface area (Å²) in [6, 6.07) is 8.14. The van der Waals surface area contributed by atoms with Crippen LogP contribution < -0.4 is 11.2 Å². The van der Waals surface area contributed by atoms with Crippen LogP contribution in [0.3, 0.4) is 0 Å². The first-order valence-corrected chi connectivity index (χ1v) is 10.6. The maximum atomic E-state index is 13.1. The standard InChI is InChI=1S/C23H21ClN2O5/c1-12-15-6-17(24)19(27)8-20(15)31-23(30)16(12)7-22(29)25-9-13-5-14(11-25)18-3-2-4-21(28)26(18)10-13/h2-4,6,8,13-14,27H,5,7,9-11H2,1H3/t13-,14-/m0/s1. The molecule has 1 N–H and O–H groups in total. The van der Waals surface area contributed by atoms with E-state index in [0.29, 0.717) is 36.1 Å². The number of nitrogens with zero attached hydrogens (tertiary/aromatic N) is 2. The highest BCUT2D eigenvalue weighted by Crippen LogP contribution is 2.35. The summed E-state index contributed by atoms with van der Waals surface area (Å²) in [6.45, 7) is 3.45. The van der Waals surface area contributed by atoms with Gasteiger partial charge in [-0.2, -0.15) is 0 Å². The summed E-state index contributed by atoms with van der Waals surface area (Å²) < 4.78 is 7.17. The lowest BCUT2D eigenvalue weighted by molar-refractivity contribution is -0.133. The molecule has 1 saturated heterocycles. The first kappa shape index (κ1) is 19.9. The Morgan fingerprint density at radius 1 is 1.23 bits per heavy atom. The average Bonchev–Trinajstić information content (AvgIpc) is 2.73. The summed E-state index contributed by atoms with van der Waals surface area (Å²) in [7, 11) is 0. The van der Waals surface area contributed by atoms with Crippen LogP contribution >= 0.6 is 11.6 Å². The first-order chi connectivity index (χ1) is 14.8. The van der Waals surface area contributed by atoms with Gasteiger partial charge in [0.1, 0.15) is 11.3 Å². The predicted octanol–water partition coefficient (Wildman–Crippen LogP) is 2.81. The topological polar surface area (TPSA) is 92.8 Å². The number of likely N-dealkylation sites (tertiary alicyclic amines) is 1. The summed E-state index contributed by atoms with van der Waals surface area (Å²) in [5.41, 5.74) is 1.53. The molecule has 0 spiro atoms. The average molecular weight is 441 g/mol. The Labute approximate surface area is 182 Å². The fourth-order valence-electron chi connectivity index (χ4n) is 4.97. The fourth-order valence-corrected chi connectivity index (χ4v) is 5.13. The van der Waals surface area contributed by atoms with Gasteiger partial charge in [0, 0.05) is 48.8 Å². The van der Waals surface area contributed by atoms with Gasteiger partial charge < -0.3 is 19.0 Å². The van der Waals surface area contributed by atoms with Gasteiger partial charge in [0.15, 0.2) is 0 Å². The number of phenols is 1. The van der Waals surface area contributed by atoms with Gasteiger partial charge in [-0.3, -0.25) is 9.59 Å². The molecule has 0 saturated carbocycles. The third-order valence-corrected chi connectivity index (χ3v) is 6.82. The number of piperidine rings is 1. The van der Waals surface area contributed by atoms with Crippen molar-refractivity contribution in [3.05, 3.63) is 72.9 Å². The second kappa shape index (κ2) is 7.27. The maximum absolute atomic E-state index is 13.1. The van der Waals surface area contributed by atoms with Crippen LogP contribution in [0.4, 0.5) is 0 Å². The number of rotatable bonds is 2. The van der Waals surface area contributed by atoms with Crippen molar-refractivity contribution in [2.45, 2.75) is 32.2 Å². The van der Waals surface area contributed by atoms with Crippen molar-refractivity contribution < 1.29 is 14.3 Å². The predicted molar refractivity (Wildman–Crippen MR) is 116 cm³/mol. The first-order valence-electron chi connectivity index (χ1n) is 10.2. The van der Waals surface area contributed by atoms with Crippen LogP contribution in [0.15, 0.2) is 44.3 Å². The van der Waals surface area contributed by atoms with E-state index in [1.165, 1.54) is 6.07 Å². The van der Waals surface area contributed by atoms with Crippen LogP contribution in [0.25, 0.3) is 11.0 Å². The number of pyridine rings is 1. The molecule has 2 aromatic heterocycles. The van der Waals surface area contributed by atoms with E-state index in [0.717, 1.165) is 12.1 Å². The molecule has 2 aliphatic heterocycles. The largest absolute Gasteiger partial charge is 0.506 e. The van der Waals surface area contributed by atoms with Crippen molar-refractivity contribution >= 4 is 28.5 Å². The van der Waals surface area contributed by atoms with Gasteiger partial charge in [0.2, 0.25) is 5.91 Å². The molecule has 3 aromatic rings. The number of phenolic OH excluding ortho intramolecular Hbond substituents is 1. The number of aromatic nitrogens is 1. The zero-order chi connectivity index (χ0) is 21.9. The Hall–Kier alpha value is -3.06. The smallest absolute Gasteiger partial charge is 0.340 e. The lowest BCUT2D eigenvalue weighted by Crippen LogP contribution is -2.49. The zero-order valence-electron chi connectivity index (χ0n) is 16.9. The SMILES string of the molecule is Cc1c(CC(=O)N2C[C@@H]3C[C@@H](C2)c2cccc(=O)n2C3)c(=O)oc2cc(O)c(Cl)cc12. The molecule has 0 unspecified atom stereocenters. The second-order valence-corrected chi connectivity index (χ2v) is 8.87. The van der Waals surface area contributed by atoms with Gasteiger partial charge in [-0.25, -0.2) is 4.79 Å². The lowest BCUT2D eigenvalue weighted by Gasteiger charge is -2.42. The third kappa shape index (κ3) is 3.33. The molecule has 2 bridgehead atoms. The van der Waals surface area contributed by atoms with Crippen molar-refractivity contribution in [3.8, 4) is 5.75 Å². The minimum atomic E-state index is -0.589. The van der Waals surface area contributed by atoms with Gasteiger partial charge in [0.05, 0.1) is 17.0 Å². The summed E-state index contributed by atoms with van der Waals surface area (Å²) in [5, 5.41) is 10.5. The highest BCUT2D eigenvalue weighted by molar-refractivity contribution is 6.32.